The van der Waals surface area contributed by atoms with Crippen molar-refractivity contribution in [3.63, 3.8) is 0 Å². The summed E-state index contributed by atoms with van der Waals surface area (Å²) < 4.78 is 5.48. The second-order valence-electron chi connectivity index (χ2n) is 7.29. The van der Waals surface area contributed by atoms with E-state index in [1.54, 1.807) is 0 Å². The van der Waals surface area contributed by atoms with E-state index < -0.39 is 0 Å². The van der Waals surface area contributed by atoms with Gasteiger partial charge in [-0.15, -0.1) is 0 Å². The Bertz CT molecular complexity index is 783. The first kappa shape index (κ1) is 15.9. The Morgan fingerprint density at radius 1 is 1.26 bits per heavy atom. The molecule has 0 radical (unpaired) electrons. The van der Waals surface area contributed by atoms with E-state index in [0.29, 0.717) is 19.0 Å². The molecule has 124 valence electrons. The Morgan fingerprint density at radius 2 is 2.00 bits per heavy atom. The van der Waals surface area contributed by atoms with Crippen molar-refractivity contribution in [3.05, 3.63) is 44.8 Å². The van der Waals surface area contributed by atoms with Gasteiger partial charge in [0.2, 0.25) is 0 Å². The number of nitrogens with one attached hydrogen (secondary N) is 1. The fourth-order valence-corrected chi connectivity index (χ4v) is 2.90. The van der Waals surface area contributed by atoms with Crippen LogP contribution >= 0.6 is 0 Å². The first-order chi connectivity index (χ1) is 10.7. The minimum Gasteiger partial charge on any atom is -0.446 e. The maximum Gasteiger partial charge on any atom is 0.255 e. The predicted octanol–water partition coefficient (Wildman–Crippen LogP) is 2.23. The smallest absolute Gasteiger partial charge is 0.255 e. The van der Waals surface area contributed by atoms with E-state index in [1.807, 2.05) is 13.8 Å². The number of hydrogen-bond donors (Lipinski definition) is 1. The lowest BCUT2D eigenvalue weighted by Gasteiger charge is -2.28. The minimum atomic E-state index is -0.152. The lowest BCUT2D eigenvalue weighted by molar-refractivity contribution is 0.237. The predicted molar refractivity (Wildman–Crippen MR) is 87.4 cm³/mol. The average Bonchev–Trinajstić information content (AvgIpc) is 2.76. The van der Waals surface area contributed by atoms with Gasteiger partial charge in [0.15, 0.2) is 5.89 Å². The van der Waals surface area contributed by atoms with Gasteiger partial charge < -0.3 is 9.40 Å². The van der Waals surface area contributed by atoms with Gasteiger partial charge >= 0.3 is 0 Å². The summed E-state index contributed by atoms with van der Waals surface area (Å²) in [5, 5.41) is 0. The van der Waals surface area contributed by atoms with Crippen LogP contribution in [-0.2, 0) is 24.9 Å². The van der Waals surface area contributed by atoms with Gasteiger partial charge in [0.05, 0.1) is 17.0 Å². The van der Waals surface area contributed by atoms with Crippen molar-refractivity contribution in [2.24, 2.45) is 0 Å². The van der Waals surface area contributed by atoms with E-state index in [0.717, 1.165) is 41.5 Å². The Morgan fingerprint density at radius 3 is 2.61 bits per heavy atom. The van der Waals surface area contributed by atoms with Gasteiger partial charge in [-0.3, -0.25) is 9.69 Å². The summed E-state index contributed by atoms with van der Waals surface area (Å²) in [6, 6.07) is 0. The third kappa shape index (κ3) is 3.22. The monoisotopic (exact) mass is 316 g/mol. The minimum absolute atomic E-state index is 0.0160. The molecule has 0 aromatic carbocycles. The Labute approximate surface area is 136 Å². The van der Waals surface area contributed by atoms with Gasteiger partial charge in [-0.1, -0.05) is 20.8 Å². The molecule has 0 saturated carbocycles. The number of fused-ring (bicyclic) bond motifs is 1. The molecule has 0 spiro atoms. The van der Waals surface area contributed by atoms with Crippen molar-refractivity contribution < 1.29 is 4.42 Å². The van der Waals surface area contributed by atoms with E-state index in [4.69, 9.17) is 9.40 Å². The quantitative estimate of drug-likeness (QED) is 0.919. The van der Waals surface area contributed by atoms with E-state index >= 15 is 0 Å². The third-order valence-corrected chi connectivity index (χ3v) is 4.23. The van der Waals surface area contributed by atoms with Crippen LogP contribution < -0.4 is 5.56 Å². The van der Waals surface area contributed by atoms with Crippen LogP contribution in [0.4, 0.5) is 0 Å². The second kappa shape index (κ2) is 5.60. The number of oxazole rings is 1. The molecule has 0 saturated heterocycles. The first-order valence-electron chi connectivity index (χ1n) is 8.02. The van der Waals surface area contributed by atoms with Crippen LogP contribution in [0.5, 0.6) is 0 Å². The summed E-state index contributed by atoms with van der Waals surface area (Å²) in [6.07, 6.45) is 0.790. The van der Waals surface area contributed by atoms with Crippen LogP contribution in [0.2, 0.25) is 0 Å². The van der Waals surface area contributed by atoms with Crippen molar-refractivity contribution in [1.29, 1.82) is 0 Å². The zero-order chi connectivity index (χ0) is 16.8. The van der Waals surface area contributed by atoms with Gasteiger partial charge in [0.1, 0.15) is 11.6 Å². The zero-order valence-corrected chi connectivity index (χ0v) is 14.5. The molecule has 0 atom stereocenters. The van der Waals surface area contributed by atoms with Gasteiger partial charge in [0, 0.05) is 38.4 Å². The molecule has 0 amide bonds. The molecule has 23 heavy (non-hydrogen) atoms. The number of rotatable bonds is 2. The normalized spacial score (nSPS) is 15.7. The van der Waals surface area contributed by atoms with Crippen LogP contribution in [0.15, 0.2) is 9.21 Å². The van der Waals surface area contributed by atoms with Crippen molar-refractivity contribution >= 4 is 0 Å². The van der Waals surface area contributed by atoms with E-state index in [1.165, 1.54) is 0 Å². The highest BCUT2D eigenvalue weighted by molar-refractivity contribution is 5.23. The lowest BCUT2D eigenvalue weighted by atomic mass is 9.95. The lowest BCUT2D eigenvalue weighted by Crippen LogP contribution is -2.37. The summed E-state index contributed by atoms with van der Waals surface area (Å²) in [5.74, 6) is 2.30. The van der Waals surface area contributed by atoms with Crippen LogP contribution in [0, 0.1) is 13.8 Å². The standard InChI is InChI=1S/C17H24N4O2/c1-10-14(18-11(2)23-10)9-21-7-6-13-12(8-21)15(22)20-16(19-13)17(3,4)5/h6-9H2,1-5H3,(H,19,20,22). The molecule has 0 unspecified atom stereocenters. The van der Waals surface area contributed by atoms with Gasteiger partial charge in [-0.2, -0.15) is 0 Å². The maximum atomic E-state index is 12.4. The third-order valence-electron chi connectivity index (χ3n) is 4.23. The average molecular weight is 316 g/mol. The fourth-order valence-electron chi connectivity index (χ4n) is 2.90. The molecular weight excluding hydrogens is 292 g/mol. The number of aromatic amines is 1. The van der Waals surface area contributed by atoms with Gasteiger partial charge in [-0.25, -0.2) is 9.97 Å². The van der Waals surface area contributed by atoms with Crippen molar-refractivity contribution in [1.82, 2.24) is 19.9 Å². The Kier molecular flexibility index (Phi) is 3.88. The molecule has 6 heteroatoms. The molecule has 1 N–H and O–H groups in total. The SMILES string of the molecule is Cc1nc(CN2CCc3nc(C(C)(C)C)[nH]c(=O)c3C2)c(C)o1. The maximum absolute atomic E-state index is 12.4. The Balaban J connectivity index is 1.84. The zero-order valence-electron chi connectivity index (χ0n) is 14.5. The summed E-state index contributed by atoms with van der Waals surface area (Å²) >= 11 is 0. The molecule has 0 fully saturated rings. The van der Waals surface area contributed by atoms with E-state index in [2.05, 4.69) is 35.6 Å². The highest BCUT2D eigenvalue weighted by atomic mass is 16.4. The number of nitrogens with zero attached hydrogens (tertiary/aromatic N) is 3. The summed E-state index contributed by atoms with van der Waals surface area (Å²) in [4.78, 5) is 26.7. The van der Waals surface area contributed by atoms with Crippen molar-refractivity contribution in [2.75, 3.05) is 6.54 Å². The fraction of sp³-hybridized carbons (Fsp3) is 0.588. The van der Waals surface area contributed by atoms with Crippen molar-refractivity contribution in [2.45, 2.75) is 59.5 Å². The Hall–Kier alpha value is -1.95. The molecule has 1 aliphatic heterocycles. The number of H-pyrrole nitrogens is 1. The van der Waals surface area contributed by atoms with Crippen LogP contribution in [-0.4, -0.2) is 26.4 Å². The van der Waals surface area contributed by atoms with Crippen LogP contribution in [0.3, 0.4) is 0 Å². The van der Waals surface area contributed by atoms with Gasteiger partial charge in [0.25, 0.3) is 5.56 Å². The molecule has 0 aliphatic carbocycles. The van der Waals surface area contributed by atoms with Crippen LogP contribution in [0.1, 0.15) is 55.2 Å². The summed E-state index contributed by atoms with van der Waals surface area (Å²) in [5.41, 5.74) is 2.49. The second-order valence-corrected chi connectivity index (χ2v) is 7.29. The molecule has 2 aromatic rings. The van der Waals surface area contributed by atoms with Crippen molar-refractivity contribution in [3.8, 4) is 0 Å². The number of hydrogen-bond acceptors (Lipinski definition) is 5. The topological polar surface area (TPSA) is 75.0 Å². The highest BCUT2D eigenvalue weighted by Crippen LogP contribution is 2.22. The van der Waals surface area contributed by atoms with E-state index in [-0.39, 0.29) is 11.0 Å². The van der Waals surface area contributed by atoms with Gasteiger partial charge in [-0.05, 0) is 6.92 Å². The van der Waals surface area contributed by atoms with E-state index in [9.17, 15) is 4.79 Å². The summed E-state index contributed by atoms with van der Waals surface area (Å²) in [7, 11) is 0. The van der Waals surface area contributed by atoms with Crippen LogP contribution in [0.25, 0.3) is 0 Å². The molecule has 2 aromatic heterocycles. The molecule has 1 aliphatic rings. The molecule has 3 rings (SSSR count). The molecule has 6 nitrogen and oxygen atoms in total. The molecule has 3 heterocycles. The summed E-state index contributed by atoms with van der Waals surface area (Å²) in [6.45, 7) is 12.1. The highest BCUT2D eigenvalue weighted by Gasteiger charge is 2.25. The number of aryl methyl sites for hydroxylation is 2. The molecular formula is C17H24N4O2. The number of aromatic nitrogens is 3. The largest absolute Gasteiger partial charge is 0.446 e. The first-order valence-corrected chi connectivity index (χ1v) is 8.02. The molecule has 0 bridgehead atoms.